The number of benzene rings is 3. The van der Waals surface area contributed by atoms with Crippen molar-refractivity contribution in [1.29, 1.82) is 0 Å². The summed E-state index contributed by atoms with van der Waals surface area (Å²) in [5.74, 6) is -2.62. The molecule has 3 aliphatic rings. The summed E-state index contributed by atoms with van der Waals surface area (Å²) in [6, 6.07) is 22.5. The Hall–Kier alpha value is -4.98. The second-order valence-electron chi connectivity index (χ2n) is 16.1. The highest BCUT2D eigenvalue weighted by atomic mass is 16.5. The summed E-state index contributed by atoms with van der Waals surface area (Å²) in [6.07, 6.45) is 3.80. The smallest absolute Gasteiger partial charge is 0.307 e. The maximum Gasteiger partial charge on any atom is 0.307 e. The van der Waals surface area contributed by atoms with Gasteiger partial charge in [-0.3, -0.25) is 19.2 Å². The van der Waals surface area contributed by atoms with Crippen molar-refractivity contribution >= 4 is 23.8 Å². The Morgan fingerprint density at radius 2 is 0.948 bits per heavy atom. The number of carboxylic acids is 3. The minimum atomic E-state index is -0.807. The molecular weight excluding hydrogens is 741 g/mol. The molecule has 3 aromatic rings. The van der Waals surface area contributed by atoms with E-state index in [-0.39, 0.29) is 56.4 Å². The molecule has 0 aromatic heterocycles. The molecule has 58 heavy (non-hydrogen) atoms. The van der Waals surface area contributed by atoms with E-state index in [1.54, 1.807) is 4.90 Å². The second-order valence-corrected chi connectivity index (χ2v) is 16.1. The highest BCUT2D eigenvalue weighted by molar-refractivity contribution is 5.79. The monoisotopic (exact) mass is 798 g/mol. The van der Waals surface area contributed by atoms with Crippen LogP contribution < -0.4 is 25.4 Å². The van der Waals surface area contributed by atoms with Crippen molar-refractivity contribution < 1.29 is 44.0 Å². The van der Waals surface area contributed by atoms with Crippen LogP contribution in [-0.2, 0) is 44.9 Å². The maximum atomic E-state index is 14.0. The Morgan fingerprint density at radius 3 is 1.33 bits per heavy atom. The number of aliphatic carboxylic acids is 3. The molecule has 1 amide bonds. The van der Waals surface area contributed by atoms with Gasteiger partial charge in [-0.05, 0) is 142 Å². The average Bonchev–Trinajstić information content (AvgIpc) is 4.03. The quantitative estimate of drug-likeness (QED) is 0.0866. The fourth-order valence-corrected chi connectivity index (χ4v) is 8.78. The van der Waals surface area contributed by atoms with E-state index in [4.69, 9.17) is 9.47 Å². The lowest BCUT2D eigenvalue weighted by molar-refractivity contribution is -0.144. The van der Waals surface area contributed by atoms with Gasteiger partial charge in [0.1, 0.15) is 24.7 Å². The van der Waals surface area contributed by atoms with Crippen LogP contribution in [0.1, 0.15) is 41.5 Å². The van der Waals surface area contributed by atoms with Gasteiger partial charge in [-0.1, -0.05) is 48.5 Å². The zero-order chi connectivity index (χ0) is 40.9. The summed E-state index contributed by atoms with van der Waals surface area (Å²) in [4.78, 5) is 52.1. The molecule has 3 aliphatic heterocycles. The lowest BCUT2D eigenvalue weighted by atomic mass is 9.86. The second kappa shape index (κ2) is 21.1. The van der Waals surface area contributed by atoms with Crippen molar-refractivity contribution in [3.05, 3.63) is 95.1 Å². The number of rotatable bonds is 22. The molecule has 6 rings (SSSR count). The van der Waals surface area contributed by atoms with Crippen LogP contribution in [0.25, 0.3) is 0 Å². The van der Waals surface area contributed by atoms with Crippen molar-refractivity contribution in [2.75, 3.05) is 65.6 Å². The largest absolute Gasteiger partial charge is 0.492 e. The zero-order valence-corrected chi connectivity index (χ0v) is 33.2. The Labute approximate surface area is 340 Å². The molecule has 3 fully saturated rings. The molecule has 13 nitrogen and oxygen atoms in total. The Bertz CT molecular complexity index is 1750. The van der Waals surface area contributed by atoms with E-state index < -0.39 is 35.7 Å². The molecule has 6 N–H and O–H groups in total. The first-order valence-electron chi connectivity index (χ1n) is 20.7. The fourth-order valence-electron chi connectivity index (χ4n) is 8.78. The minimum Gasteiger partial charge on any atom is -0.492 e. The molecule has 0 unspecified atom stereocenters. The number of hydrogen-bond donors (Lipinski definition) is 6. The molecule has 3 saturated heterocycles. The lowest BCUT2D eigenvalue weighted by Crippen LogP contribution is -2.38. The summed E-state index contributed by atoms with van der Waals surface area (Å²) in [5.41, 5.74) is 3.43. The Balaban J connectivity index is 1.10. The van der Waals surface area contributed by atoms with Gasteiger partial charge < -0.3 is 45.6 Å². The summed E-state index contributed by atoms with van der Waals surface area (Å²) >= 11 is 0. The van der Waals surface area contributed by atoms with Gasteiger partial charge in [-0.25, -0.2) is 0 Å². The third-order valence-corrected chi connectivity index (χ3v) is 12.1. The van der Waals surface area contributed by atoms with Crippen LogP contribution in [0.3, 0.4) is 0 Å². The van der Waals surface area contributed by atoms with E-state index in [9.17, 15) is 34.5 Å². The van der Waals surface area contributed by atoms with Gasteiger partial charge in [0.2, 0.25) is 5.91 Å². The van der Waals surface area contributed by atoms with Crippen LogP contribution >= 0.6 is 0 Å². The normalized spacial score (nSPS) is 20.6. The highest BCUT2D eigenvalue weighted by Gasteiger charge is 2.33. The molecule has 0 radical (unpaired) electrons. The van der Waals surface area contributed by atoms with Crippen molar-refractivity contribution in [3.63, 3.8) is 0 Å². The van der Waals surface area contributed by atoms with E-state index in [0.717, 1.165) is 61.2 Å². The van der Waals surface area contributed by atoms with E-state index in [1.165, 1.54) is 0 Å². The van der Waals surface area contributed by atoms with Crippen LogP contribution in [0.5, 0.6) is 11.5 Å². The summed E-state index contributed by atoms with van der Waals surface area (Å²) in [6.45, 7) is 5.47. The summed E-state index contributed by atoms with van der Waals surface area (Å²) in [7, 11) is 0. The number of hydrogen-bond acceptors (Lipinski definition) is 9. The van der Waals surface area contributed by atoms with Crippen LogP contribution in [0.15, 0.2) is 72.8 Å². The molecular formula is C45H58N4O9. The van der Waals surface area contributed by atoms with Gasteiger partial charge in [-0.2, -0.15) is 0 Å². The standard InChI is InChI=1S/C45H58N4O9/c50-42(26-31-5-1-4-30(20-31)23-39(43(51)52)34-10-13-46-27-34)49(16-18-57-37-8-2-6-32(21-37)24-40(44(53)54)35-11-14-47-28-35)17-19-58-38-9-3-7-33(22-38)25-41(45(55)56)36-12-15-48-29-36/h1-9,20-22,34-36,39-41,46-48H,10-19,23-29H2,(H,51,52)(H,53,54)(H,55,56)/t34-,35-,36-,39-,40-,41-/m0/s1. The van der Waals surface area contributed by atoms with E-state index in [2.05, 4.69) is 16.0 Å². The van der Waals surface area contributed by atoms with Crippen LogP contribution in [-0.4, -0.2) is 110 Å². The predicted molar refractivity (Wildman–Crippen MR) is 218 cm³/mol. The van der Waals surface area contributed by atoms with Gasteiger partial charge in [0.25, 0.3) is 0 Å². The molecule has 3 heterocycles. The van der Waals surface area contributed by atoms with Crippen molar-refractivity contribution in [3.8, 4) is 11.5 Å². The fraction of sp³-hybridized carbons (Fsp3) is 0.511. The average molecular weight is 799 g/mol. The molecule has 0 spiro atoms. The van der Waals surface area contributed by atoms with E-state index in [1.807, 2.05) is 72.8 Å². The first kappa shape index (κ1) is 42.6. The first-order chi connectivity index (χ1) is 28.1. The highest BCUT2D eigenvalue weighted by Crippen LogP contribution is 2.28. The van der Waals surface area contributed by atoms with Gasteiger partial charge in [0, 0.05) is 0 Å². The predicted octanol–water partition coefficient (Wildman–Crippen LogP) is 3.77. The van der Waals surface area contributed by atoms with Gasteiger partial charge in [-0.15, -0.1) is 0 Å². The molecule has 0 saturated carbocycles. The molecule has 0 bridgehead atoms. The Morgan fingerprint density at radius 1 is 0.569 bits per heavy atom. The number of nitrogens with one attached hydrogen (secondary N) is 3. The van der Waals surface area contributed by atoms with E-state index in [0.29, 0.717) is 50.4 Å². The number of ether oxygens (including phenoxy) is 2. The summed E-state index contributed by atoms with van der Waals surface area (Å²) < 4.78 is 12.3. The van der Waals surface area contributed by atoms with Crippen LogP contribution in [0.4, 0.5) is 0 Å². The number of carbonyl (C=O) groups is 4. The number of amides is 1. The van der Waals surface area contributed by atoms with Crippen LogP contribution in [0, 0.1) is 35.5 Å². The molecule has 13 heteroatoms. The maximum absolute atomic E-state index is 14.0. The SMILES string of the molecule is O=C(O)[C@@H](Cc1cccc(CC(=O)N(CCOc2cccc(C[C@H](C(=O)O)[C@H]3CCNC3)c2)CCOc2cccc(C[C@H](C(=O)O)[C@H]3CCNC3)c2)c1)[C@H]1CCNC1. The van der Waals surface area contributed by atoms with Gasteiger partial charge >= 0.3 is 17.9 Å². The van der Waals surface area contributed by atoms with E-state index >= 15 is 0 Å². The molecule has 3 aromatic carbocycles. The molecule has 6 atom stereocenters. The minimum absolute atomic E-state index is 0.0612. The number of carboxylic acid groups (broad SMARTS) is 3. The molecule has 0 aliphatic carbocycles. The zero-order valence-electron chi connectivity index (χ0n) is 33.2. The van der Waals surface area contributed by atoms with Gasteiger partial charge in [0.15, 0.2) is 0 Å². The van der Waals surface area contributed by atoms with Crippen molar-refractivity contribution in [2.24, 2.45) is 35.5 Å². The van der Waals surface area contributed by atoms with Gasteiger partial charge in [0.05, 0.1) is 37.3 Å². The third-order valence-electron chi connectivity index (χ3n) is 12.1. The number of nitrogens with zero attached hydrogens (tertiary/aromatic N) is 1. The van der Waals surface area contributed by atoms with Crippen LogP contribution in [0.2, 0.25) is 0 Å². The first-order valence-corrected chi connectivity index (χ1v) is 20.7. The third kappa shape index (κ3) is 12.3. The Kier molecular flexibility index (Phi) is 15.5. The summed E-state index contributed by atoms with van der Waals surface area (Å²) in [5, 5.41) is 39.7. The number of carbonyl (C=O) groups excluding carboxylic acids is 1. The topological polar surface area (TPSA) is 187 Å². The lowest BCUT2D eigenvalue weighted by Gasteiger charge is -2.24. The van der Waals surface area contributed by atoms with Crippen molar-refractivity contribution in [1.82, 2.24) is 20.9 Å². The molecule has 312 valence electrons. The van der Waals surface area contributed by atoms with Crippen molar-refractivity contribution in [2.45, 2.75) is 44.9 Å².